The number of aryl methyl sites for hydroxylation is 1. The van der Waals surface area contributed by atoms with Crippen LogP contribution in [0.4, 0.5) is 13.2 Å². The van der Waals surface area contributed by atoms with Crippen LogP contribution >= 0.6 is 11.6 Å². The van der Waals surface area contributed by atoms with Crippen molar-refractivity contribution < 1.29 is 13.2 Å². The monoisotopic (exact) mass is 276 g/mol. The maximum atomic E-state index is 12.3. The number of imidazole rings is 1. The van der Waals surface area contributed by atoms with Gasteiger partial charge in [-0.05, 0) is 19.1 Å². The number of hydrogen-bond acceptors (Lipinski definition) is 1. The van der Waals surface area contributed by atoms with E-state index in [0.29, 0.717) is 16.9 Å². The van der Waals surface area contributed by atoms with Gasteiger partial charge >= 0.3 is 6.18 Å². The lowest BCUT2D eigenvalue weighted by Gasteiger charge is -2.12. The average Bonchev–Trinajstić information content (AvgIpc) is 2.64. The molecule has 0 N–H and O–H groups in total. The second-order valence-corrected chi connectivity index (χ2v) is 4.75. The smallest absolute Gasteiger partial charge is 0.326 e. The topological polar surface area (TPSA) is 17.8 Å². The number of halogens is 4. The molecule has 1 unspecified atom stereocenters. The Kier molecular flexibility index (Phi) is 3.52. The molecule has 1 aromatic heterocycles. The maximum Gasteiger partial charge on any atom is 0.390 e. The number of nitrogens with zero attached hydrogens (tertiary/aromatic N) is 2. The van der Waals surface area contributed by atoms with Gasteiger partial charge in [0, 0.05) is 6.54 Å². The molecule has 0 radical (unpaired) electrons. The highest BCUT2D eigenvalue weighted by molar-refractivity contribution is 6.20. The molecular formula is C12H12ClF3N2. The molecule has 2 nitrogen and oxygen atoms in total. The zero-order valence-electron chi connectivity index (χ0n) is 9.71. The average molecular weight is 277 g/mol. The molecule has 0 aliphatic heterocycles. The Bertz CT molecular complexity index is 546. The lowest BCUT2D eigenvalue weighted by atomic mass is 10.3. The molecule has 2 aromatic rings. The molecule has 0 spiro atoms. The molecule has 0 saturated heterocycles. The van der Waals surface area contributed by atoms with E-state index in [1.165, 1.54) is 0 Å². The Morgan fingerprint density at radius 1 is 1.33 bits per heavy atom. The number of benzene rings is 1. The Morgan fingerprint density at radius 3 is 2.61 bits per heavy atom. The first kappa shape index (κ1) is 13.2. The summed E-state index contributed by atoms with van der Waals surface area (Å²) in [6.45, 7) is 1.54. The van der Waals surface area contributed by atoms with Crippen molar-refractivity contribution in [2.24, 2.45) is 0 Å². The molecule has 0 aliphatic rings. The van der Waals surface area contributed by atoms with Crippen molar-refractivity contribution in [3.05, 3.63) is 30.1 Å². The van der Waals surface area contributed by atoms with Crippen LogP contribution in [-0.4, -0.2) is 15.7 Å². The van der Waals surface area contributed by atoms with Gasteiger partial charge < -0.3 is 4.57 Å². The fourth-order valence-corrected chi connectivity index (χ4v) is 2.04. The Labute approximate surface area is 107 Å². The van der Waals surface area contributed by atoms with Gasteiger partial charge in [0.05, 0.1) is 22.8 Å². The fraction of sp³-hybridized carbons (Fsp3) is 0.417. The fourth-order valence-electron chi connectivity index (χ4n) is 1.87. The number of alkyl halides is 4. The molecule has 1 atom stereocenters. The van der Waals surface area contributed by atoms with Crippen molar-refractivity contribution >= 4 is 22.6 Å². The van der Waals surface area contributed by atoms with Crippen molar-refractivity contribution in [3.8, 4) is 0 Å². The number of aromatic nitrogens is 2. The zero-order chi connectivity index (χ0) is 13.3. The third kappa shape index (κ3) is 2.77. The third-order valence-electron chi connectivity index (χ3n) is 2.66. The van der Waals surface area contributed by atoms with Crippen LogP contribution in [0.25, 0.3) is 11.0 Å². The van der Waals surface area contributed by atoms with Gasteiger partial charge in [-0.25, -0.2) is 4.98 Å². The minimum absolute atomic E-state index is 0.156. The quantitative estimate of drug-likeness (QED) is 0.765. The van der Waals surface area contributed by atoms with E-state index in [-0.39, 0.29) is 6.54 Å². The summed E-state index contributed by atoms with van der Waals surface area (Å²) in [5.41, 5.74) is 1.35. The normalized spacial score (nSPS) is 14.1. The first-order valence-corrected chi connectivity index (χ1v) is 5.98. The minimum atomic E-state index is -4.18. The highest BCUT2D eigenvalue weighted by atomic mass is 35.5. The predicted octanol–water partition coefficient (Wildman–Crippen LogP) is 4.29. The number of para-hydroxylation sites is 2. The lowest BCUT2D eigenvalue weighted by Crippen LogP contribution is -2.14. The highest BCUT2D eigenvalue weighted by Gasteiger charge is 2.28. The van der Waals surface area contributed by atoms with Crippen molar-refractivity contribution in [3.63, 3.8) is 0 Å². The van der Waals surface area contributed by atoms with Gasteiger partial charge in [0.15, 0.2) is 0 Å². The van der Waals surface area contributed by atoms with Gasteiger partial charge in [-0.3, -0.25) is 0 Å². The first-order chi connectivity index (χ1) is 8.38. The van der Waals surface area contributed by atoms with Crippen LogP contribution in [0.5, 0.6) is 0 Å². The van der Waals surface area contributed by atoms with Crippen LogP contribution < -0.4 is 0 Å². The first-order valence-electron chi connectivity index (χ1n) is 5.54. The molecule has 0 bridgehead atoms. The van der Waals surface area contributed by atoms with E-state index in [9.17, 15) is 13.2 Å². The van der Waals surface area contributed by atoms with E-state index in [4.69, 9.17) is 11.6 Å². The standard InChI is InChI=1S/C12H12ClF3N2/c1-8(13)11-17-9-4-2-3-5-10(9)18(11)7-6-12(14,15)16/h2-5,8H,6-7H2,1H3. The number of hydrogen-bond donors (Lipinski definition) is 0. The summed E-state index contributed by atoms with van der Waals surface area (Å²) in [6.07, 6.45) is -5.07. The summed E-state index contributed by atoms with van der Waals surface area (Å²) in [6, 6.07) is 7.09. The lowest BCUT2D eigenvalue weighted by molar-refractivity contribution is -0.136. The van der Waals surface area contributed by atoms with Crippen molar-refractivity contribution in [2.45, 2.75) is 31.4 Å². The van der Waals surface area contributed by atoms with Crippen LogP contribution in [0.15, 0.2) is 24.3 Å². The number of rotatable bonds is 3. The van der Waals surface area contributed by atoms with Crippen LogP contribution in [0.3, 0.4) is 0 Å². The molecule has 1 heterocycles. The Hall–Kier alpha value is -1.23. The molecule has 0 fully saturated rings. The van der Waals surface area contributed by atoms with Gasteiger partial charge in [0.25, 0.3) is 0 Å². The SMILES string of the molecule is CC(Cl)c1nc2ccccc2n1CCC(F)(F)F. The van der Waals surface area contributed by atoms with Crippen LogP contribution in [0.2, 0.25) is 0 Å². The molecular weight excluding hydrogens is 265 g/mol. The van der Waals surface area contributed by atoms with E-state index < -0.39 is 18.0 Å². The summed E-state index contributed by atoms with van der Waals surface area (Å²) in [7, 11) is 0. The number of fused-ring (bicyclic) bond motifs is 1. The summed E-state index contributed by atoms with van der Waals surface area (Å²) in [5, 5.41) is -0.425. The Morgan fingerprint density at radius 2 is 2.00 bits per heavy atom. The van der Waals surface area contributed by atoms with Gasteiger partial charge in [-0.1, -0.05) is 12.1 Å². The predicted molar refractivity (Wildman–Crippen MR) is 64.7 cm³/mol. The van der Waals surface area contributed by atoms with Crippen LogP contribution in [0, 0.1) is 0 Å². The van der Waals surface area contributed by atoms with Crippen molar-refractivity contribution in [2.75, 3.05) is 0 Å². The maximum absolute atomic E-state index is 12.3. The third-order valence-corrected chi connectivity index (χ3v) is 2.85. The molecule has 18 heavy (non-hydrogen) atoms. The zero-order valence-corrected chi connectivity index (χ0v) is 10.5. The van der Waals surface area contributed by atoms with Crippen LogP contribution in [0.1, 0.15) is 24.5 Å². The van der Waals surface area contributed by atoms with E-state index >= 15 is 0 Å². The summed E-state index contributed by atoms with van der Waals surface area (Å²) in [5.74, 6) is 0.474. The molecule has 98 valence electrons. The molecule has 6 heteroatoms. The Balaban J connectivity index is 2.42. The van der Waals surface area contributed by atoms with Crippen molar-refractivity contribution in [1.29, 1.82) is 0 Å². The highest BCUT2D eigenvalue weighted by Crippen LogP contribution is 2.27. The second-order valence-electron chi connectivity index (χ2n) is 4.09. The molecule has 1 aromatic carbocycles. The van der Waals surface area contributed by atoms with Gasteiger partial charge in [-0.2, -0.15) is 13.2 Å². The van der Waals surface area contributed by atoms with Crippen LogP contribution in [-0.2, 0) is 6.54 Å². The molecule has 2 rings (SSSR count). The van der Waals surface area contributed by atoms with E-state index in [1.54, 1.807) is 35.8 Å². The largest absolute Gasteiger partial charge is 0.390 e. The summed E-state index contributed by atoms with van der Waals surface area (Å²) < 4.78 is 38.5. The molecule has 0 aliphatic carbocycles. The van der Waals surface area contributed by atoms with Gasteiger partial charge in [0.2, 0.25) is 0 Å². The van der Waals surface area contributed by atoms with E-state index in [0.717, 1.165) is 0 Å². The summed E-state index contributed by atoms with van der Waals surface area (Å²) in [4.78, 5) is 4.28. The minimum Gasteiger partial charge on any atom is -0.326 e. The van der Waals surface area contributed by atoms with E-state index in [1.807, 2.05) is 0 Å². The second kappa shape index (κ2) is 4.80. The van der Waals surface area contributed by atoms with Crippen molar-refractivity contribution in [1.82, 2.24) is 9.55 Å². The van der Waals surface area contributed by atoms with Gasteiger partial charge in [0.1, 0.15) is 5.82 Å². The van der Waals surface area contributed by atoms with Gasteiger partial charge in [-0.15, -0.1) is 11.6 Å². The molecule has 0 amide bonds. The summed E-state index contributed by atoms with van der Waals surface area (Å²) >= 11 is 5.97. The van der Waals surface area contributed by atoms with E-state index in [2.05, 4.69) is 4.98 Å². The molecule has 0 saturated carbocycles.